The number of nitro benzene ring substituents is 1. The Morgan fingerprint density at radius 2 is 1.94 bits per heavy atom. The maximum Gasteiger partial charge on any atom is 0.270 e. The fraction of sp³-hybridized carbons (Fsp3) is 0.364. The second-order valence-corrected chi connectivity index (χ2v) is 4.15. The number of β-amino-alcohol motifs (C(OH)–C–C–N with tert-alkyl or cyclic N) is 2. The molecule has 18 heavy (non-hydrogen) atoms. The summed E-state index contributed by atoms with van der Waals surface area (Å²) in [5, 5.41) is 29.3. The Morgan fingerprint density at radius 1 is 1.33 bits per heavy atom. The number of non-ortho nitro benzene ring substituents is 1. The molecule has 2 N–H and O–H groups in total. The lowest BCUT2D eigenvalue weighted by Crippen LogP contribution is -2.29. The molecule has 1 aliphatic rings. The first kappa shape index (κ1) is 12.5. The molecule has 7 heteroatoms. The number of carbonyl (C=O) groups excluding carboxylic acids is 1. The van der Waals surface area contributed by atoms with Gasteiger partial charge < -0.3 is 15.1 Å². The quantitative estimate of drug-likeness (QED) is 0.559. The zero-order valence-corrected chi connectivity index (χ0v) is 9.39. The Bertz CT molecular complexity index is 480. The molecule has 0 aromatic heterocycles. The number of aliphatic hydroxyl groups is 2. The van der Waals surface area contributed by atoms with Crippen LogP contribution in [0.3, 0.4) is 0 Å². The van der Waals surface area contributed by atoms with Gasteiger partial charge in [-0.3, -0.25) is 14.9 Å². The van der Waals surface area contributed by atoms with E-state index in [-0.39, 0.29) is 24.3 Å². The van der Waals surface area contributed by atoms with Crippen molar-refractivity contribution in [3.63, 3.8) is 0 Å². The van der Waals surface area contributed by atoms with Crippen molar-refractivity contribution in [2.75, 3.05) is 13.1 Å². The molecule has 1 saturated heterocycles. The summed E-state index contributed by atoms with van der Waals surface area (Å²) >= 11 is 0. The summed E-state index contributed by atoms with van der Waals surface area (Å²) in [5.41, 5.74) is 0.00615. The van der Waals surface area contributed by atoms with Gasteiger partial charge in [0.25, 0.3) is 11.6 Å². The zero-order chi connectivity index (χ0) is 13.3. The van der Waals surface area contributed by atoms with Gasteiger partial charge in [0.1, 0.15) is 0 Å². The summed E-state index contributed by atoms with van der Waals surface area (Å²) in [6.45, 7) is 0.0609. The highest BCUT2D eigenvalue weighted by molar-refractivity contribution is 5.95. The minimum Gasteiger partial charge on any atom is -0.388 e. The van der Waals surface area contributed by atoms with Crippen LogP contribution in [0.4, 0.5) is 5.69 Å². The van der Waals surface area contributed by atoms with Crippen LogP contribution in [0.5, 0.6) is 0 Å². The van der Waals surface area contributed by atoms with Gasteiger partial charge in [-0.05, 0) is 6.07 Å². The van der Waals surface area contributed by atoms with E-state index in [9.17, 15) is 25.1 Å². The summed E-state index contributed by atoms with van der Waals surface area (Å²) in [5.74, 6) is -0.436. The van der Waals surface area contributed by atoms with Gasteiger partial charge in [-0.2, -0.15) is 0 Å². The van der Waals surface area contributed by atoms with Crippen LogP contribution in [0.25, 0.3) is 0 Å². The van der Waals surface area contributed by atoms with E-state index in [2.05, 4.69) is 0 Å². The molecule has 1 aromatic rings. The Kier molecular flexibility index (Phi) is 3.26. The largest absolute Gasteiger partial charge is 0.388 e. The van der Waals surface area contributed by atoms with Crippen molar-refractivity contribution in [3.05, 3.63) is 39.9 Å². The van der Waals surface area contributed by atoms with Crippen LogP contribution >= 0.6 is 0 Å². The monoisotopic (exact) mass is 252 g/mol. The highest BCUT2D eigenvalue weighted by Gasteiger charge is 2.33. The molecule has 0 aliphatic carbocycles. The lowest BCUT2D eigenvalue weighted by atomic mass is 10.2. The molecule has 7 nitrogen and oxygen atoms in total. The Labute approximate surface area is 102 Å². The normalized spacial score (nSPS) is 23.1. The molecule has 0 spiro atoms. The first-order valence-electron chi connectivity index (χ1n) is 5.39. The van der Waals surface area contributed by atoms with E-state index in [1.165, 1.54) is 29.2 Å². The van der Waals surface area contributed by atoms with E-state index >= 15 is 0 Å². The lowest BCUT2D eigenvalue weighted by Gasteiger charge is -2.14. The van der Waals surface area contributed by atoms with Crippen molar-refractivity contribution in [2.24, 2.45) is 0 Å². The molecule has 0 unspecified atom stereocenters. The summed E-state index contributed by atoms with van der Waals surface area (Å²) < 4.78 is 0. The van der Waals surface area contributed by atoms with Gasteiger partial charge in [0, 0.05) is 30.8 Å². The van der Waals surface area contributed by atoms with Crippen molar-refractivity contribution < 1.29 is 19.9 Å². The Balaban J connectivity index is 2.19. The summed E-state index contributed by atoms with van der Waals surface area (Å²) in [6.07, 6.45) is -1.93. The number of aliphatic hydroxyl groups excluding tert-OH is 2. The highest BCUT2D eigenvalue weighted by Crippen LogP contribution is 2.18. The lowest BCUT2D eigenvalue weighted by molar-refractivity contribution is -0.384. The van der Waals surface area contributed by atoms with Gasteiger partial charge >= 0.3 is 0 Å². The molecule has 1 aliphatic heterocycles. The molecule has 0 bridgehead atoms. The second kappa shape index (κ2) is 4.71. The first-order valence-corrected chi connectivity index (χ1v) is 5.39. The summed E-state index contributed by atoms with van der Waals surface area (Å²) in [4.78, 5) is 23.3. The molecule has 1 aromatic carbocycles. The number of likely N-dealkylation sites (tertiary alicyclic amines) is 1. The number of amides is 1. The molecule has 0 saturated carbocycles. The van der Waals surface area contributed by atoms with Crippen molar-refractivity contribution in [2.45, 2.75) is 12.2 Å². The molecular weight excluding hydrogens is 240 g/mol. The standard InChI is InChI=1S/C11H12N2O5/c14-9-5-12(6-10(9)15)11(16)7-2-1-3-8(4-7)13(17)18/h1-4,9-10,14-15H,5-6H2/t9-,10+. The number of hydrogen-bond donors (Lipinski definition) is 2. The van der Waals surface area contributed by atoms with Crippen LogP contribution in [0.2, 0.25) is 0 Å². The maximum atomic E-state index is 12.0. The van der Waals surface area contributed by atoms with E-state index < -0.39 is 23.0 Å². The average Bonchev–Trinajstić information content (AvgIpc) is 2.69. The van der Waals surface area contributed by atoms with Crippen LogP contribution in [0.1, 0.15) is 10.4 Å². The van der Waals surface area contributed by atoms with Crippen LogP contribution in [0, 0.1) is 10.1 Å². The fourth-order valence-corrected chi connectivity index (χ4v) is 1.87. The van der Waals surface area contributed by atoms with Crippen molar-refractivity contribution in [1.82, 2.24) is 4.90 Å². The third-order valence-electron chi connectivity index (χ3n) is 2.85. The molecule has 0 radical (unpaired) electrons. The predicted molar refractivity (Wildman–Crippen MR) is 61.0 cm³/mol. The van der Waals surface area contributed by atoms with Crippen LogP contribution in [-0.2, 0) is 0 Å². The summed E-state index contributed by atoms with van der Waals surface area (Å²) in [7, 11) is 0. The number of nitro groups is 1. The van der Waals surface area contributed by atoms with Gasteiger partial charge in [-0.1, -0.05) is 6.07 Å². The number of rotatable bonds is 2. The number of hydrogen-bond acceptors (Lipinski definition) is 5. The smallest absolute Gasteiger partial charge is 0.270 e. The SMILES string of the molecule is O=C(c1cccc([N+](=O)[O-])c1)N1C[C@@H](O)[C@@H](O)C1. The van der Waals surface area contributed by atoms with E-state index in [0.29, 0.717) is 0 Å². The third-order valence-corrected chi connectivity index (χ3v) is 2.85. The van der Waals surface area contributed by atoms with E-state index in [1.54, 1.807) is 0 Å². The first-order chi connectivity index (χ1) is 8.49. The molecule has 1 heterocycles. The molecule has 2 rings (SSSR count). The second-order valence-electron chi connectivity index (χ2n) is 4.15. The maximum absolute atomic E-state index is 12.0. The van der Waals surface area contributed by atoms with Gasteiger partial charge in [0.2, 0.25) is 0 Å². The molecule has 96 valence electrons. The molecule has 1 amide bonds. The van der Waals surface area contributed by atoms with Gasteiger partial charge in [0.05, 0.1) is 17.1 Å². The Morgan fingerprint density at radius 3 is 2.50 bits per heavy atom. The minimum atomic E-state index is -0.965. The highest BCUT2D eigenvalue weighted by atomic mass is 16.6. The number of nitrogens with zero attached hydrogens (tertiary/aromatic N) is 2. The molecular formula is C11H12N2O5. The van der Waals surface area contributed by atoms with Gasteiger partial charge in [-0.25, -0.2) is 0 Å². The molecule has 1 fully saturated rings. The van der Waals surface area contributed by atoms with Crippen molar-refractivity contribution >= 4 is 11.6 Å². The number of benzene rings is 1. The number of carbonyl (C=O) groups is 1. The Hall–Kier alpha value is -1.99. The van der Waals surface area contributed by atoms with Gasteiger partial charge in [-0.15, -0.1) is 0 Å². The van der Waals surface area contributed by atoms with E-state index in [0.717, 1.165) is 0 Å². The van der Waals surface area contributed by atoms with E-state index in [4.69, 9.17) is 0 Å². The van der Waals surface area contributed by atoms with Gasteiger partial charge in [0.15, 0.2) is 0 Å². The average molecular weight is 252 g/mol. The van der Waals surface area contributed by atoms with Crippen molar-refractivity contribution in [3.8, 4) is 0 Å². The summed E-state index contributed by atoms with van der Waals surface area (Å²) in [6, 6.07) is 5.37. The van der Waals surface area contributed by atoms with E-state index in [1.807, 2.05) is 0 Å². The van der Waals surface area contributed by atoms with Crippen LogP contribution in [-0.4, -0.2) is 51.2 Å². The van der Waals surface area contributed by atoms with Crippen molar-refractivity contribution in [1.29, 1.82) is 0 Å². The van der Waals surface area contributed by atoms with Crippen LogP contribution < -0.4 is 0 Å². The third kappa shape index (κ3) is 2.31. The fourth-order valence-electron chi connectivity index (χ4n) is 1.87. The minimum absolute atomic E-state index is 0.0304. The molecule has 2 atom stereocenters. The van der Waals surface area contributed by atoms with Crippen LogP contribution in [0.15, 0.2) is 24.3 Å². The topological polar surface area (TPSA) is 104 Å². The zero-order valence-electron chi connectivity index (χ0n) is 9.39. The predicted octanol–water partition coefficient (Wildman–Crippen LogP) is -0.228.